The summed E-state index contributed by atoms with van der Waals surface area (Å²) < 4.78 is 13.3. The van der Waals surface area contributed by atoms with Gasteiger partial charge in [-0.05, 0) is 48.6 Å². The topological polar surface area (TPSA) is 75.1 Å². The predicted molar refractivity (Wildman–Crippen MR) is 118 cm³/mol. The fraction of sp³-hybridized carbons (Fsp3) is 0.320. The molecule has 5 nitrogen and oxygen atoms in total. The zero-order chi connectivity index (χ0) is 21.6. The highest BCUT2D eigenvalue weighted by Gasteiger charge is 2.22. The van der Waals surface area contributed by atoms with Crippen molar-refractivity contribution in [2.75, 3.05) is 5.32 Å². The molecule has 160 valence electrons. The van der Waals surface area contributed by atoms with E-state index in [0.717, 1.165) is 12.8 Å². The van der Waals surface area contributed by atoms with Gasteiger partial charge in [-0.1, -0.05) is 49.6 Å². The number of amides is 1. The van der Waals surface area contributed by atoms with E-state index in [2.05, 4.69) is 15.3 Å². The van der Waals surface area contributed by atoms with Crippen molar-refractivity contribution in [1.29, 1.82) is 0 Å². The van der Waals surface area contributed by atoms with Crippen molar-refractivity contribution in [2.45, 2.75) is 44.6 Å². The van der Waals surface area contributed by atoms with Gasteiger partial charge in [-0.15, -0.1) is 0 Å². The van der Waals surface area contributed by atoms with Crippen LogP contribution < -0.4 is 5.32 Å². The maximum Gasteiger partial charge on any atom is 0.225 e. The number of aliphatic hydroxyl groups excluding tert-OH is 1. The fourth-order valence-corrected chi connectivity index (χ4v) is 4.08. The molecule has 0 radical (unpaired) electrons. The summed E-state index contributed by atoms with van der Waals surface area (Å²) in [7, 11) is 0. The number of benzene rings is 2. The van der Waals surface area contributed by atoms with Gasteiger partial charge in [0.05, 0.1) is 11.9 Å². The smallest absolute Gasteiger partial charge is 0.225 e. The second-order valence-electron chi connectivity index (χ2n) is 8.07. The molecule has 1 fully saturated rings. The second-order valence-corrected chi connectivity index (χ2v) is 8.07. The Bertz CT molecular complexity index is 1020. The van der Waals surface area contributed by atoms with Crippen molar-refractivity contribution in [3.05, 3.63) is 77.9 Å². The molecule has 2 aromatic carbocycles. The lowest BCUT2D eigenvalue weighted by Crippen LogP contribution is -2.21. The molecule has 1 aliphatic rings. The Morgan fingerprint density at radius 3 is 2.48 bits per heavy atom. The molecule has 1 heterocycles. The summed E-state index contributed by atoms with van der Waals surface area (Å²) in [5, 5.41) is 13.9. The van der Waals surface area contributed by atoms with Crippen LogP contribution in [0.25, 0.3) is 11.3 Å². The molecule has 0 bridgehead atoms. The van der Waals surface area contributed by atoms with E-state index in [1.165, 1.54) is 37.6 Å². The lowest BCUT2D eigenvalue weighted by molar-refractivity contribution is -0.117. The summed E-state index contributed by atoms with van der Waals surface area (Å²) >= 11 is 0. The van der Waals surface area contributed by atoms with E-state index in [0.29, 0.717) is 29.2 Å². The summed E-state index contributed by atoms with van der Waals surface area (Å²) in [6, 6.07) is 15.0. The standard InChI is InChI=1S/C25H26FN3O2/c26-20-13-11-18(12-14-20)21-16-27-25(29-22(30)15-17-7-3-1-4-8-17)23(28-21)24(31)19-9-5-2-6-10-19/h2,5-6,9-14,16-17,24,31H,1,3-4,7-8,15H2,(H,27,29,30). The number of aliphatic hydroxyl groups is 1. The fourth-order valence-electron chi connectivity index (χ4n) is 4.08. The molecule has 0 aliphatic heterocycles. The predicted octanol–water partition coefficient (Wildman–Crippen LogP) is 5.27. The Kier molecular flexibility index (Phi) is 6.67. The molecule has 6 heteroatoms. The summed E-state index contributed by atoms with van der Waals surface area (Å²) in [5.41, 5.74) is 2.09. The van der Waals surface area contributed by atoms with Crippen LogP contribution in [0, 0.1) is 11.7 Å². The third-order valence-electron chi connectivity index (χ3n) is 5.77. The van der Waals surface area contributed by atoms with Crippen LogP contribution in [0.3, 0.4) is 0 Å². The van der Waals surface area contributed by atoms with E-state index < -0.39 is 6.10 Å². The van der Waals surface area contributed by atoms with Crippen LogP contribution in [0.4, 0.5) is 10.2 Å². The molecule has 31 heavy (non-hydrogen) atoms. The van der Waals surface area contributed by atoms with E-state index in [1.807, 2.05) is 18.2 Å². The average molecular weight is 420 g/mol. The number of hydrogen-bond donors (Lipinski definition) is 2. The van der Waals surface area contributed by atoms with Gasteiger partial charge >= 0.3 is 0 Å². The number of rotatable bonds is 6. The van der Waals surface area contributed by atoms with Gasteiger partial charge in [0.15, 0.2) is 5.82 Å². The minimum absolute atomic E-state index is 0.114. The van der Waals surface area contributed by atoms with E-state index in [9.17, 15) is 14.3 Å². The first kappa shape index (κ1) is 21.1. The summed E-state index contributed by atoms with van der Waals surface area (Å²) in [6.07, 6.45) is 6.64. The summed E-state index contributed by atoms with van der Waals surface area (Å²) in [4.78, 5) is 21.7. The van der Waals surface area contributed by atoms with Crippen molar-refractivity contribution < 1.29 is 14.3 Å². The van der Waals surface area contributed by atoms with Gasteiger partial charge < -0.3 is 10.4 Å². The first-order valence-electron chi connectivity index (χ1n) is 10.8. The van der Waals surface area contributed by atoms with Gasteiger partial charge in [-0.2, -0.15) is 0 Å². The van der Waals surface area contributed by atoms with Crippen molar-refractivity contribution >= 4 is 11.7 Å². The van der Waals surface area contributed by atoms with Crippen LogP contribution in [0.2, 0.25) is 0 Å². The van der Waals surface area contributed by atoms with Crippen LogP contribution in [-0.2, 0) is 4.79 Å². The van der Waals surface area contributed by atoms with Gasteiger partial charge in [0.25, 0.3) is 0 Å². The van der Waals surface area contributed by atoms with Crippen LogP contribution in [0.5, 0.6) is 0 Å². The Balaban J connectivity index is 1.63. The highest BCUT2D eigenvalue weighted by Crippen LogP contribution is 2.30. The number of anilines is 1. The zero-order valence-electron chi connectivity index (χ0n) is 17.3. The van der Waals surface area contributed by atoms with E-state index in [-0.39, 0.29) is 23.2 Å². The lowest BCUT2D eigenvalue weighted by atomic mass is 9.87. The highest BCUT2D eigenvalue weighted by atomic mass is 19.1. The maximum atomic E-state index is 13.3. The molecule has 1 aromatic heterocycles. The molecule has 1 amide bonds. The largest absolute Gasteiger partial charge is 0.382 e. The molecule has 1 atom stereocenters. The third-order valence-corrected chi connectivity index (χ3v) is 5.77. The number of hydrogen-bond acceptors (Lipinski definition) is 4. The molecule has 3 aromatic rings. The maximum absolute atomic E-state index is 13.3. The van der Waals surface area contributed by atoms with Crippen molar-refractivity contribution in [3.8, 4) is 11.3 Å². The monoisotopic (exact) mass is 419 g/mol. The zero-order valence-corrected chi connectivity index (χ0v) is 17.3. The summed E-state index contributed by atoms with van der Waals surface area (Å²) in [6.45, 7) is 0. The minimum Gasteiger partial charge on any atom is -0.382 e. The van der Waals surface area contributed by atoms with Crippen molar-refractivity contribution in [1.82, 2.24) is 9.97 Å². The first-order chi connectivity index (χ1) is 15.1. The number of carbonyl (C=O) groups is 1. The van der Waals surface area contributed by atoms with Crippen LogP contribution in [-0.4, -0.2) is 21.0 Å². The van der Waals surface area contributed by atoms with Gasteiger partial charge in [-0.25, -0.2) is 14.4 Å². The normalized spacial score (nSPS) is 15.4. The van der Waals surface area contributed by atoms with Crippen LogP contribution in [0.15, 0.2) is 60.8 Å². The van der Waals surface area contributed by atoms with E-state index in [4.69, 9.17) is 0 Å². The van der Waals surface area contributed by atoms with Gasteiger partial charge in [0.1, 0.15) is 17.6 Å². The van der Waals surface area contributed by atoms with Crippen molar-refractivity contribution in [2.24, 2.45) is 5.92 Å². The van der Waals surface area contributed by atoms with E-state index >= 15 is 0 Å². The van der Waals surface area contributed by atoms with Gasteiger partial charge in [-0.3, -0.25) is 4.79 Å². The quantitative estimate of drug-likeness (QED) is 0.570. The molecule has 4 rings (SSSR count). The number of nitrogens with zero attached hydrogens (tertiary/aromatic N) is 2. The Labute approximate surface area is 181 Å². The molecule has 0 saturated heterocycles. The molecular formula is C25H26FN3O2. The Hall–Kier alpha value is -3.12. The van der Waals surface area contributed by atoms with Crippen LogP contribution >= 0.6 is 0 Å². The highest BCUT2D eigenvalue weighted by molar-refractivity contribution is 5.90. The molecule has 1 aliphatic carbocycles. The SMILES string of the molecule is O=C(CC1CCCCC1)Nc1ncc(-c2ccc(F)cc2)nc1C(O)c1ccccc1. The molecule has 1 saturated carbocycles. The summed E-state index contributed by atoms with van der Waals surface area (Å²) in [5.74, 6) is 0.191. The molecule has 2 N–H and O–H groups in total. The Morgan fingerprint density at radius 1 is 1.06 bits per heavy atom. The van der Waals surface area contributed by atoms with Crippen LogP contribution in [0.1, 0.15) is 55.9 Å². The van der Waals surface area contributed by atoms with E-state index in [1.54, 1.807) is 24.3 Å². The number of carbonyl (C=O) groups excluding carboxylic acids is 1. The minimum atomic E-state index is -1.06. The average Bonchev–Trinajstić information content (AvgIpc) is 2.80. The lowest BCUT2D eigenvalue weighted by Gasteiger charge is -2.21. The van der Waals surface area contributed by atoms with Gasteiger partial charge in [0, 0.05) is 12.0 Å². The molecular weight excluding hydrogens is 393 g/mol. The number of aromatic nitrogens is 2. The van der Waals surface area contributed by atoms with Crippen molar-refractivity contribution in [3.63, 3.8) is 0 Å². The third kappa shape index (κ3) is 5.33. The molecule has 1 unspecified atom stereocenters. The molecule has 0 spiro atoms. The Morgan fingerprint density at radius 2 is 1.77 bits per heavy atom. The number of nitrogens with one attached hydrogen (secondary N) is 1. The van der Waals surface area contributed by atoms with Gasteiger partial charge in [0.2, 0.25) is 5.91 Å². The first-order valence-corrected chi connectivity index (χ1v) is 10.8. The second kappa shape index (κ2) is 9.79. The number of halogens is 1.